The highest BCUT2D eigenvalue weighted by Gasteiger charge is 2.08. The molecule has 4 aromatic rings. The minimum Gasteiger partial charge on any atom is -0.423 e. The Hall–Kier alpha value is -2.02. The average molecular weight is 374 g/mol. The van der Waals surface area contributed by atoms with Crippen LogP contribution in [0, 0.1) is 0 Å². The number of thioether (sulfide) groups is 1. The molecule has 4 nitrogen and oxygen atoms in total. The first-order valence-electron chi connectivity index (χ1n) is 7.14. The molecule has 1 N–H and O–H groups in total. The Morgan fingerprint density at radius 2 is 2.00 bits per heavy atom. The van der Waals surface area contributed by atoms with E-state index < -0.39 is 0 Å². The lowest BCUT2D eigenvalue weighted by molar-refractivity contribution is 0.592. The third-order valence-corrected chi connectivity index (χ3v) is 5.68. The predicted molar refractivity (Wildman–Crippen MR) is 102 cm³/mol. The number of hydrogen-bond acceptors (Lipinski definition) is 6. The van der Waals surface area contributed by atoms with Crippen molar-refractivity contribution in [1.29, 1.82) is 0 Å². The molecule has 0 amide bonds. The molecular weight excluding hydrogens is 362 g/mol. The van der Waals surface area contributed by atoms with Gasteiger partial charge >= 0.3 is 0 Å². The maximum atomic E-state index is 5.91. The first-order chi connectivity index (χ1) is 11.7. The van der Waals surface area contributed by atoms with Crippen molar-refractivity contribution in [3.8, 4) is 11.3 Å². The van der Waals surface area contributed by atoms with Crippen LogP contribution in [0.4, 0.5) is 11.7 Å². The molecule has 0 saturated heterocycles. The highest BCUT2D eigenvalue weighted by Crippen LogP contribution is 2.31. The average Bonchev–Trinajstić information content (AvgIpc) is 3.21. The molecule has 0 aliphatic rings. The molecule has 7 heteroatoms. The van der Waals surface area contributed by atoms with Gasteiger partial charge < -0.3 is 9.73 Å². The zero-order valence-corrected chi connectivity index (χ0v) is 15.0. The first kappa shape index (κ1) is 15.5. The second-order valence-electron chi connectivity index (χ2n) is 5.03. The molecule has 0 atom stereocenters. The number of aromatic nitrogens is 2. The maximum Gasteiger partial charge on any atom is 0.299 e. The molecule has 2 aromatic heterocycles. The summed E-state index contributed by atoms with van der Waals surface area (Å²) >= 11 is 9.23. The van der Waals surface area contributed by atoms with E-state index in [0.717, 1.165) is 25.8 Å². The molecule has 24 heavy (non-hydrogen) atoms. The second kappa shape index (κ2) is 6.47. The summed E-state index contributed by atoms with van der Waals surface area (Å²) in [6.45, 7) is 0. The van der Waals surface area contributed by atoms with Crippen molar-refractivity contribution >= 4 is 56.6 Å². The Morgan fingerprint density at radius 1 is 1.17 bits per heavy atom. The molecule has 4 rings (SSSR count). The fraction of sp³-hybridized carbons (Fsp3) is 0.0588. The van der Waals surface area contributed by atoms with E-state index in [1.54, 1.807) is 29.3 Å². The fourth-order valence-electron chi connectivity index (χ4n) is 2.27. The number of halogens is 1. The summed E-state index contributed by atoms with van der Waals surface area (Å²) in [7, 11) is 0. The Bertz CT molecular complexity index is 995. The van der Waals surface area contributed by atoms with Gasteiger partial charge in [-0.25, -0.2) is 9.97 Å². The maximum absolute atomic E-state index is 5.91. The van der Waals surface area contributed by atoms with Gasteiger partial charge in [-0.15, -0.1) is 11.3 Å². The van der Waals surface area contributed by atoms with Crippen LogP contribution in [-0.2, 0) is 0 Å². The molecule has 0 spiro atoms. The zero-order valence-electron chi connectivity index (χ0n) is 12.6. The van der Waals surface area contributed by atoms with E-state index in [4.69, 9.17) is 16.0 Å². The van der Waals surface area contributed by atoms with Crippen LogP contribution in [0.3, 0.4) is 0 Å². The minimum atomic E-state index is 0.453. The lowest BCUT2D eigenvalue weighted by atomic mass is 10.2. The third kappa shape index (κ3) is 3.13. The van der Waals surface area contributed by atoms with E-state index in [1.165, 1.54) is 0 Å². The van der Waals surface area contributed by atoms with Gasteiger partial charge in [-0.05, 0) is 48.7 Å². The van der Waals surface area contributed by atoms with Crippen LogP contribution in [-0.4, -0.2) is 16.2 Å². The molecule has 0 bridgehead atoms. The molecule has 2 aromatic carbocycles. The number of fused-ring (bicyclic) bond motifs is 1. The van der Waals surface area contributed by atoms with Crippen LogP contribution in [0.5, 0.6) is 0 Å². The highest BCUT2D eigenvalue weighted by molar-refractivity contribution is 8.00. The van der Waals surface area contributed by atoms with Crippen molar-refractivity contribution in [2.45, 2.75) is 4.34 Å². The summed E-state index contributed by atoms with van der Waals surface area (Å²) in [6.07, 6.45) is 3.73. The molecule has 0 unspecified atom stereocenters. The summed E-state index contributed by atoms with van der Waals surface area (Å²) in [4.78, 5) is 8.82. The van der Waals surface area contributed by atoms with Gasteiger partial charge in [0.2, 0.25) is 0 Å². The summed E-state index contributed by atoms with van der Waals surface area (Å²) in [6, 6.07) is 13.9. The molecule has 2 heterocycles. The van der Waals surface area contributed by atoms with Gasteiger partial charge in [-0.1, -0.05) is 23.4 Å². The quantitative estimate of drug-likeness (QED) is 0.440. The molecule has 0 radical (unpaired) electrons. The lowest BCUT2D eigenvalue weighted by Gasteiger charge is -2.01. The molecule has 0 aliphatic carbocycles. The number of nitrogens with one attached hydrogen (secondary N) is 1. The predicted octanol–water partition coefficient (Wildman–Crippen LogP) is 6.07. The smallest absolute Gasteiger partial charge is 0.299 e. The van der Waals surface area contributed by atoms with Crippen LogP contribution in [0.15, 0.2) is 57.4 Å². The van der Waals surface area contributed by atoms with Crippen molar-refractivity contribution in [2.75, 3.05) is 11.6 Å². The van der Waals surface area contributed by atoms with E-state index in [1.807, 2.05) is 42.7 Å². The Balaban J connectivity index is 1.58. The zero-order chi connectivity index (χ0) is 16.5. The van der Waals surface area contributed by atoms with Crippen LogP contribution >= 0.6 is 34.7 Å². The van der Waals surface area contributed by atoms with Crippen LogP contribution in [0.2, 0.25) is 5.02 Å². The van der Waals surface area contributed by atoms with E-state index in [9.17, 15) is 0 Å². The number of hydrogen-bond donors (Lipinski definition) is 1. The summed E-state index contributed by atoms with van der Waals surface area (Å²) in [5.41, 5.74) is 2.86. The van der Waals surface area contributed by atoms with Crippen LogP contribution in [0.1, 0.15) is 0 Å². The van der Waals surface area contributed by atoms with E-state index in [-0.39, 0.29) is 0 Å². The van der Waals surface area contributed by atoms with Gasteiger partial charge in [0.25, 0.3) is 6.01 Å². The normalized spacial score (nSPS) is 11.1. The van der Waals surface area contributed by atoms with E-state index >= 15 is 0 Å². The van der Waals surface area contributed by atoms with Gasteiger partial charge in [0.1, 0.15) is 0 Å². The molecule has 0 saturated carbocycles. The number of oxazole rings is 1. The van der Waals surface area contributed by atoms with Crippen molar-refractivity contribution in [3.05, 3.63) is 53.7 Å². The van der Waals surface area contributed by atoms with Crippen LogP contribution < -0.4 is 5.32 Å². The number of thiazole rings is 1. The Morgan fingerprint density at radius 3 is 2.79 bits per heavy atom. The minimum absolute atomic E-state index is 0.453. The van der Waals surface area contributed by atoms with Crippen molar-refractivity contribution in [2.24, 2.45) is 0 Å². The SMILES string of the molecule is CSc1nc2ccc(Nc3ncc(-c4ccc(Cl)cc4)o3)cc2s1. The van der Waals surface area contributed by atoms with Gasteiger partial charge in [0, 0.05) is 16.3 Å². The topological polar surface area (TPSA) is 51.0 Å². The van der Waals surface area contributed by atoms with E-state index in [2.05, 4.69) is 21.4 Å². The first-order valence-corrected chi connectivity index (χ1v) is 9.56. The highest BCUT2D eigenvalue weighted by atomic mass is 35.5. The number of nitrogens with zero attached hydrogens (tertiary/aromatic N) is 2. The number of anilines is 2. The second-order valence-corrected chi connectivity index (χ2v) is 7.55. The summed E-state index contributed by atoms with van der Waals surface area (Å²) in [5, 5.41) is 3.89. The largest absolute Gasteiger partial charge is 0.423 e. The molecule has 120 valence electrons. The number of rotatable bonds is 4. The lowest BCUT2D eigenvalue weighted by Crippen LogP contribution is -1.89. The standard InChI is InChI=1S/C17H12ClN3OS2/c1-23-17-21-13-7-6-12(8-15(13)24-17)20-16-19-9-14(22-16)10-2-4-11(18)5-3-10/h2-9H,1H3,(H,19,20). The van der Waals surface area contributed by atoms with Gasteiger partial charge in [0.15, 0.2) is 10.1 Å². The summed E-state index contributed by atoms with van der Waals surface area (Å²) < 4.78 is 7.96. The fourth-order valence-corrected chi connectivity index (χ4v) is 3.93. The molecule has 0 fully saturated rings. The Kier molecular flexibility index (Phi) is 4.18. The molecular formula is C17H12ClN3OS2. The molecule has 0 aliphatic heterocycles. The summed E-state index contributed by atoms with van der Waals surface area (Å²) in [5.74, 6) is 0.692. The van der Waals surface area contributed by atoms with Crippen molar-refractivity contribution in [1.82, 2.24) is 9.97 Å². The number of benzene rings is 2. The van der Waals surface area contributed by atoms with Gasteiger partial charge in [0.05, 0.1) is 16.4 Å². The monoisotopic (exact) mass is 373 g/mol. The van der Waals surface area contributed by atoms with Crippen molar-refractivity contribution in [3.63, 3.8) is 0 Å². The van der Waals surface area contributed by atoms with Gasteiger partial charge in [-0.2, -0.15) is 0 Å². The third-order valence-electron chi connectivity index (χ3n) is 3.43. The van der Waals surface area contributed by atoms with Crippen molar-refractivity contribution < 1.29 is 4.42 Å². The van der Waals surface area contributed by atoms with E-state index in [0.29, 0.717) is 16.8 Å². The Labute approximate surface area is 151 Å². The van der Waals surface area contributed by atoms with Crippen LogP contribution in [0.25, 0.3) is 21.5 Å². The van der Waals surface area contributed by atoms with Gasteiger partial charge in [-0.3, -0.25) is 0 Å².